The highest BCUT2D eigenvalue weighted by atomic mass is 28.2. The zero-order chi connectivity index (χ0) is 14.7. The molecule has 0 heterocycles. The molecule has 0 N–H and O–H groups in total. The summed E-state index contributed by atoms with van der Waals surface area (Å²) in [6.45, 7) is 11.7. The highest BCUT2D eigenvalue weighted by Gasteiger charge is 2.25. The van der Waals surface area contributed by atoms with E-state index in [4.69, 9.17) is 0 Å². The Bertz CT molecular complexity index is 531. The van der Waals surface area contributed by atoms with E-state index in [2.05, 4.69) is 58.5 Å². The van der Waals surface area contributed by atoms with Gasteiger partial charge in [0.1, 0.15) is 0 Å². The summed E-state index contributed by atoms with van der Waals surface area (Å²) in [5, 5.41) is 1.76. The topological polar surface area (TPSA) is 0 Å². The number of hydrogen-bond donors (Lipinski definition) is 0. The Kier molecular flexibility index (Phi) is 5.04. The number of hydrogen-bond acceptors (Lipinski definition) is 0. The van der Waals surface area contributed by atoms with Gasteiger partial charge < -0.3 is 0 Å². The summed E-state index contributed by atoms with van der Waals surface area (Å²) in [7, 11) is -0.0541. The van der Waals surface area contributed by atoms with Crippen LogP contribution in [0.4, 0.5) is 0 Å². The second-order valence-electron chi connectivity index (χ2n) is 6.06. The summed E-state index contributed by atoms with van der Waals surface area (Å²) in [6, 6.07) is 9.34. The third kappa shape index (κ3) is 2.83. The fourth-order valence-corrected chi connectivity index (χ4v) is 5.15. The second kappa shape index (κ2) is 6.58. The molecule has 108 valence electrons. The summed E-state index contributed by atoms with van der Waals surface area (Å²) < 4.78 is 0. The Labute approximate surface area is 126 Å². The largest absolute Gasteiger partial charge is 0.0780 e. The van der Waals surface area contributed by atoms with Crippen LogP contribution in [0.2, 0.25) is 6.55 Å². The van der Waals surface area contributed by atoms with Gasteiger partial charge in [0.2, 0.25) is 0 Å². The molecule has 0 nitrogen and oxygen atoms in total. The zero-order valence-electron chi connectivity index (χ0n) is 13.7. The maximum absolute atomic E-state index is 2.42. The molecule has 1 atom stereocenters. The molecule has 0 aliphatic heterocycles. The van der Waals surface area contributed by atoms with Gasteiger partial charge >= 0.3 is 0 Å². The summed E-state index contributed by atoms with van der Waals surface area (Å²) >= 11 is 0. The Hall–Kier alpha value is -1.08. The second-order valence-corrected chi connectivity index (χ2v) is 7.53. The Balaban J connectivity index is 2.25. The molecule has 20 heavy (non-hydrogen) atoms. The van der Waals surface area contributed by atoms with E-state index in [9.17, 15) is 0 Å². The Morgan fingerprint density at radius 1 is 1.05 bits per heavy atom. The lowest BCUT2D eigenvalue weighted by Gasteiger charge is -2.15. The van der Waals surface area contributed by atoms with Crippen LogP contribution in [-0.2, 0) is 6.42 Å². The lowest BCUT2D eigenvalue weighted by molar-refractivity contribution is 0.795. The Morgan fingerprint density at radius 2 is 1.70 bits per heavy atom. The van der Waals surface area contributed by atoms with Gasteiger partial charge in [-0.25, -0.2) is 0 Å². The molecular weight excluding hydrogens is 256 g/mol. The minimum absolute atomic E-state index is 0.0541. The van der Waals surface area contributed by atoms with Crippen LogP contribution in [0.3, 0.4) is 0 Å². The first-order chi connectivity index (χ1) is 9.60. The number of benzene rings is 1. The van der Waals surface area contributed by atoms with E-state index in [1.807, 2.05) is 0 Å². The van der Waals surface area contributed by atoms with E-state index in [-0.39, 0.29) is 9.52 Å². The number of allylic oxidation sites excluding steroid dienone is 4. The molecule has 1 aliphatic carbocycles. The van der Waals surface area contributed by atoms with Crippen LogP contribution in [0, 0.1) is 5.92 Å². The molecule has 2 rings (SSSR count). The molecule has 0 fully saturated rings. The quantitative estimate of drug-likeness (QED) is 0.672. The van der Waals surface area contributed by atoms with Gasteiger partial charge in [0.25, 0.3) is 0 Å². The molecular formula is C19H28Si. The van der Waals surface area contributed by atoms with Gasteiger partial charge in [-0.15, -0.1) is 0 Å². The van der Waals surface area contributed by atoms with E-state index < -0.39 is 0 Å². The van der Waals surface area contributed by atoms with Crippen LogP contribution < -0.4 is 0 Å². The highest BCUT2D eigenvalue weighted by Crippen LogP contribution is 2.42. The van der Waals surface area contributed by atoms with Crippen molar-refractivity contribution in [1.29, 1.82) is 0 Å². The molecule has 0 bridgehead atoms. The van der Waals surface area contributed by atoms with Crippen molar-refractivity contribution < 1.29 is 0 Å². The monoisotopic (exact) mass is 284 g/mol. The molecule has 0 aromatic heterocycles. The van der Waals surface area contributed by atoms with Crippen molar-refractivity contribution in [2.24, 2.45) is 5.92 Å². The molecule has 1 aliphatic rings. The lowest BCUT2D eigenvalue weighted by atomic mass is 9.93. The minimum atomic E-state index is -0.0541. The molecule has 0 spiro atoms. The first-order valence-electron chi connectivity index (χ1n) is 8.10. The minimum Gasteiger partial charge on any atom is -0.0780 e. The first kappa shape index (κ1) is 15.3. The number of unbranched alkanes of at least 4 members (excludes halogenated alkanes) is 1. The first-order valence-corrected chi connectivity index (χ1v) is 10.2. The van der Waals surface area contributed by atoms with Crippen molar-refractivity contribution in [2.75, 3.05) is 0 Å². The lowest BCUT2D eigenvalue weighted by Crippen LogP contribution is -2.03. The summed E-state index contributed by atoms with van der Waals surface area (Å²) in [4.78, 5) is 0. The zero-order valence-corrected chi connectivity index (χ0v) is 15.1. The van der Waals surface area contributed by atoms with Crippen molar-refractivity contribution in [2.45, 2.75) is 53.5 Å². The standard InChI is InChI=1S/C19H28Si/c1-6-7-8-16-9-11-17(12-10-16)18-13(2)14(3)19(20-5)15(18)4/h9-12,15H,6-8,20H2,1-5H3. The van der Waals surface area contributed by atoms with Gasteiger partial charge in [0.15, 0.2) is 0 Å². The third-order valence-corrected chi connectivity index (χ3v) is 6.77. The molecule has 1 heteroatoms. The molecule has 0 saturated heterocycles. The average Bonchev–Trinajstić information content (AvgIpc) is 2.67. The van der Waals surface area contributed by atoms with Gasteiger partial charge in [-0.3, -0.25) is 0 Å². The predicted molar refractivity (Wildman–Crippen MR) is 93.9 cm³/mol. The van der Waals surface area contributed by atoms with Crippen LogP contribution >= 0.6 is 0 Å². The van der Waals surface area contributed by atoms with E-state index in [0.717, 1.165) is 0 Å². The van der Waals surface area contributed by atoms with E-state index in [1.165, 1.54) is 36.0 Å². The van der Waals surface area contributed by atoms with Gasteiger partial charge in [0.05, 0.1) is 0 Å². The van der Waals surface area contributed by atoms with Crippen LogP contribution in [0.15, 0.2) is 40.6 Å². The van der Waals surface area contributed by atoms with Gasteiger partial charge in [-0.05, 0) is 54.9 Å². The van der Waals surface area contributed by atoms with Gasteiger partial charge in [0, 0.05) is 9.52 Å². The maximum atomic E-state index is 2.42. The molecule has 1 aromatic rings. The van der Waals surface area contributed by atoms with Crippen molar-refractivity contribution >= 4 is 15.1 Å². The highest BCUT2D eigenvalue weighted by molar-refractivity contribution is 6.45. The SMILES string of the molecule is CCCCc1ccc(C2=C(C)C(C)=C([SiH2]C)C2C)cc1. The molecule has 0 radical (unpaired) electrons. The Morgan fingerprint density at radius 3 is 2.20 bits per heavy atom. The van der Waals surface area contributed by atoms with Crippen LogP contribution in [0.5, 0.6) is 0 Å². The average molecular weight is 285 g/mol. The van der Waals surface area contributed by atoms with Crippen LogP contribution in [0.1, 0.15) is 51.7 Å². The van der Waals surface area contributed by atoms with Crippen LogP contribution in [0.25, 0.3) is 5.57 Å². The third-order valence-electron chi connectivity index (χ3n) is 4.87. The smallest absolute Gasteiger partial charge is 0.0476 e. The van der Waals surface area contributed by atoms with E-state index in [0.29, 0.717) is 5.92 Å². The fourth-order valence-electron chi connectivity index (χ4n) is 3.54. The summed E-state index contributed by atoms with van der Waals surface area (Å²) in [5.41, 5.74) is 7.61. The summed E-state index contributed by atoms with van der Waals surface area (Å²) in [5.74, 6) is 0.646. The number of rotatable bonds is 5. The van der Waals surface area contributed by atoms with Crippen molar-refractivity contribution in [3.63, 3.8) is 0 Å². The molecule has 0 amide bonds. The van der Waals surface area contributed by atoms with Crippen LogP contribution in [-0.4, -0.2) is 9.52 Å². The van der Waals surface area contributed by atoms with Gasteiger partial charge in [-0.2, -0.15) is 0 Å². The predicted octanol–water partition coefficient (Wildman–Crippen LogP) is 4.94. The van der Waals surface area contributed by atoms with Gasteiger partial charge in [-0.1, -0.05) is 61.9 Å². The molecule has 1 unspecified atom stereocenters. The molecule has 1 aromatic carbocycles. The fraction of sp³-hybridized carbons (Fsp3) is 0.474. The normalized spacial score (nSPS) is 19.8. The maximum Gasteiger partial charge on any atom is 0.0476 e. The van der Waals surface area contributed by atoms with E-state index in [1.54, 1.807) is 16.3 Å². The molecule has 0 saturated carbocycles. The van der Waals surface area contributed by atoms with E-state index >= 15 is 0 Å². The summed E-state index contributed by atoms with van der Waals surface area (Å²) in [6.07, 6.45) is 3.79. The van der Waals surface area contributed by atoms with Crippen molar-refractivity contribution in [3.8, 4) is 0 Å². The number of aryl methyl sites for hydroxylation is 1. The van der Waals surface area contributed by atoms with Crippen molar-refractivity contribution in [3.05, 3.63) is 51.7 Å². The van der Waals surface area contributed by atoms with Crippen molar-refractivity contribution in [1.82, 2.24) is 0 Å².